The molecule has 1 aromatic carbocycles. The van der Waals surface area contributed by atoms with Crippen LogP contribution >= 0.6 is 0 Å². The summed E-state index contributed by atoms with van der Waals surface area (Å²) in [6.07, 6.45) is 0.543. The van der Waals surface area contributed by atoms with Crippen molar-refractivity contribution in [2.75, 3.05) is 20.1 Å². The third-order valence-electron chi connectivity index (χ3n) is 3.21. The number of rotatable bonds is 3. The van der Waals surface area contributed by atoms with E-state index in [9.17, 15) is 8.42 Å². The first-order chi connectivity index (χ1) is 8.38. The molecule has 1 aliphatic rings. The summed E-state index contributed by atoms with van der Waals surface area (Å²) < 4.78 is 29.7. The second kappa shape index (κ2) is 4.99. The standard InChI is InChI=1S/C13H19NO3S/c1-10-4-5-13(11(2)8-10)18(15,16)17-12-6-7-14(3)9-12/h4-5,8,12H,6-7,9H2,1-3H3. The molecule has 0 amide bonds. The van der Waals surface area contributed by atoms with Gasteiger partial charge in [-0.3, -0.25) is 4.18 Å². The summed E-state index contributed by atoms with van der Waals surface area (Å²) in [5, 5.41) is 0. The van der Waals surface area contributed by atoms with Crippen molar-refractivity contribution in [2.45, 2.75) is 31.3 Å². The first-order valence-corrected chi connectivity index (χ1v) is 7.48. The van der Waals surface area contributed by atoms with Crippen LogP contribution in [-0.4, -0.2) is 39.6 Å². The van der Waals surface area contributed by atoms with Crippen LogP contribution in [0.25, 0.3) is 0 Å². The third kappa shape index (κ3) is 2.91. The molecule has 1 aromatic rings. The minimum atomic E-state index is -3.64. The summed E-state index contributed by atoms with van der Waals surface area (Å²) in [5.74, 6) is 0. The van der Waals surface area contributed by atoms with Crippen LogP contribution in [0.3, 0.4) is 0 Å². The summed E-state index contributed by atoms with van der Waals surface area (Å²) >= 11 is 0. The zero-order valence-electron chi connectivity index (χ0n) is 11.0. The lowest BCUT2D eigenvalue weighted by atomic mass is 10.2. The Morgan fingerprint density at radius 3 is 2.61 bits per heavy atom. The van der Waals surface area contributed by atoms with E-state index in [4.69, 9.17) is 4.18 Å². The molecule has 0 aromatic heterocycles. The van der Waals surface area contributed by atoms with Crippen LogP contribution in [0.4, 0.5) is 0 Å². The van der Waals surface area contributed by atoms with Gasteiger partial charge >= 0.3 is 0 Å². The molecule has 1 fully saturated rings. The predicted molar refractivity (Wildman–Crippen MR) is 70.1 cm³/mol. The largest absolute Gasteiger partial charge is 0.304 e. The van der Waals surface area contributed by atoms with E-state index in [1.54, 1.807) is 19.1 Å². The molecule has 0 N–H and O–H groups in total. The molecule has 100 valence electrons. The maximum atomic E-state index is 12.2. The Balaban J connectivity index is 2.20. The van der Waals surface area contributed by atoms with Gasteiger partial charge in [0, 0.05) is 13.1 Å². The van der Waals surface area contributed by atoms with Crippen molar-refractivity contribution in [3.05, 3.63) is 29.3 Å². The SMILES string of the molecule is Cc1ccc(S(=O)(=O)OC2CCN(C)C2)c(C)c1. The lowest BCUT2D eigenvalue weighted by Gasteiger charge is -2.13. The van der Waals surface area contributed by atoms with E-state index in [1.807, 2.05) is 20.0 Å². The van der Waals surface area contributed by atoms with E-state index in [1.165, 1.54) is 0 Å². The number of hydrogen-bond donors (Lipinski definition) is 0. The Labute approximate surface area is 109 Å². The number of benzene rings is 1. The highest BCUT2D eigenvalue weighted by Crippen LogP contribution is 2.22. The minimum absolute atomic E-state index is 0.222. The topological polar surface area (TPSA) is 46.6 Å². The molecule has 0 radical (unpaired) electrons. The van der Waals surface area contributed by atoms with E-state index in [2.05, 4.69) is 4.90 Å². The predicted octanol–water partition coefficient (Wildman–Crippen LogP) is 1.71. The van der Waals surface area contributed by atoms with Gasteiger partial charge in [0.15, 0.2) is 0 Å². The van der Waals surface area contributed by atoms with Crippen molar-refractivity contribution in [2.24, 2.45) is 0 Å². The molecular weight excluding hydrogens is 250 g/mol. The van der Waals surface area contributed by atoms with Crippen molar-refractivity contribution in [1.82, 2.24) is 4.90 Å². The van der Waals surface area contributed by atoms with Gasteiger partial charge in [-0.05, 0) is 38.9 Å². The first kappa shape index (κ1) is 13.5. The summed E-state index contributed by atoms with van der Waals surface area (Å²) in [5.41, 5.74) is 1.79. The van der Waals surface area contributed by atoms with Gasteiger partial charge in [-0.15, -0.1) is 0 Å². The molecule has 2 rings (SSSR count). The Kier molecular flexibility index (Phi) is 3.75. The zero-order valence-corrected chi connectivity index (χ0v) is 11.8. The van der Waals surface area contributed by atoms with Crippen molar-refractivity contribution < 1.29 is 12.6 Å². The van der Waals surface area contributed by atoms with Crippen molar-refractivity contribution in [3.63, 3.8) is 0 Å². The fourth-order valence-electron chi connectivity index (χ4n) is 2.28. The van der Waals surface area contributed by atoms with E-state index >= 15 is 0 Å². The zero-order chi connectivity index (χ0) is 13.3. The monoisotopic (exact) mass is 269 g/mol. The van der Waals surface area contributed by atoms with Gasteiger partial charge in [0.2, 0.25) is 0 Å². The molecule has 0 saturated carbocycles. The number of nitrogens with zero attached hydrogens (tertiary/aromatic N) is 1. The van der Waals surface area contributed by atoms with E-state index in [-0.39, 0.29) is 11.0 Å². The summed E-state index contributed by atoms with van der Waals surface area (Å²) in [4.78, 5) is 2.35. The normalized spacial score (nSPS) is 21.4. The molecule has 1 aliphatic heterocycles. The molecule has 0 bridgehead atoms. The van der Waals surface area contributed by atoms with Gasteiger partial charge in [0.1, 0.15) is 0 Å². The first-order valence-electron chi connectivity index (χ1n) is 6.07. The molecule has 1 heterocycles. The van der Waals surface area contributed by atoms with Gasteiger partial charge in [0.05, 0.1) is 11.0 Å². The van der Waals surface area contributed by atoms with Gasteiger partial charge in [-0.2, -0.15) is 8.42 Å². The van der Waals surface area contributed by atoms with Crippen LogP contribution in [0.5, 0.6) is 0 Å². The average molecular weight is 269 g/mol. The molecule has 18 heavy (non-hydrogen) atoms. The maximum Gasteiger partial charge on any atom is 0.297 e. The minimum Gasteiger partial charge on any atom is -0.304 e. The Morgan fingerprint density at radius 1 is 1.33 bits per heavy atom. The molecule has 0 aliphatic carbocycles. The second-order valence-electron chi connectivity index (χ2n) is 4.99. The molecular formula is C13H19NO3S. The summed E-state index contributed by atoms with van der Waals surface area (Å²) in [6.45, 7) is 5.29. The molecule has 4 nitrogen and oxygen atoms in total. The molecule has 5 heteroatoms. The Hall–Kier alpha value is -0.910. The van der Waals surface area contributed by atoms with Crippen LogP contribution < -0.4 is 0 Å². The second-order valence-corrected chi connectivity index (χ2v) is 6.53. The number of likely N-dealkylation sites (tertiary alicyclic amines) is 1. The van der Waals surface area contributed by atoms with Crippen LogP contribution in [0.15, 0.2) is 23.1 Å². The number of likely N-dealkylation sites (N-methyl/N-ethyl adjacent to an activating group) is 1. The van der Waals surface area contributed by atoms with Gasteiger partial charge in [0.25, 0.3) is 10.1 Å². The molecule has 1 atom stereocenters. The highest BCUT2D eigenvalue weighted by atomic mass is 32.2. The third-order valence-corrected chi connectivity index (χ3v) is 4.73. The molecule has 1 saturated heterocycles. The Bertz CT molecular complexity index is 539. The van der Waals surface area contributed by atoms with E-state index in [0.29, 0.717) is 6.54 Å². The fourth-order valence-corrected chi connectivity index (χ4v) is 3.59. The van der Waals surface area contributed by atoms with Gasteiger partial charge in [-0.1, -0.05) is 17.7 Å². The fraction of sp³-hybridized carbons (Fsp3) is 0.538. The van der Waals surface area contributed by atoms with Crippen LogP contribution in [0.1, 0.15) is 17.5 Å². The number of aryl methyl sites for hydroxylation is 2. The van der Waals surface area contributed by atoms with Crippen molar-refractivity contribution >= 4 is 10.1 Å². The highest BCUT2D eigenvalue weighted by molar-refractivity contribution is 7.86. The number of hydrogen-bond acceptors (Lipinski definition) is 4. The van der Waals surface area contributed by atoms with Crippen LogP contribution in [0, 0.1) is 13.8 Å². The Morgan fingerprint density at radius 2 is 2.06 bits per heavy atom. The van der Waals surface area contributed by atoms with E-state index < -0.39 is 10.1 Å². The lowest BCUT2D eigenvalue weighted by molar-refractivity contribution is 0.215. The molecule has 0 spiro atoms. The van der Waals surface area contributed by atoms with Gasteiger partial charge < -0.3 is 4.90 Å². The smallest absolute Gasteiger partial charge is 0.297 e. The lowest BCUT2D eigenvalue weighted by Crippen LogP contribution is -2.22. The highest BCUT2D eigenvalue weighted by Gasteiger charge is 2.27. The van der Waals surface area contributed by atoms with Crippen LogP contribution in [0.2, 0.25) is 0 Å². The summed E-state index contributed by atoms with van der Waals surface area (Å²) in [6, 6.07) is 5.28. The van der Waals surface area contributed by atoms with E-state index in [0.717, 1.165) is 24.1 Å². The van der Waals surface area contributed by atoms with Crippen molar-refractivity contribution in [3.8, 4) is 0 Å². The van der Waals surface area contributed by atoms with Gasteiger partial charge in [-0.25, -0.2) is 0 Å². The maximum absolute atomic E-state index is 12.2. The van der Waals surface area contributed by atoms with Crippen LogP contribution in [-0.2, 0) is 14.3 Å². The summed E-state index contributed by atoms with van der Waals surface area (Å²) in [7, 11) is -1.68. The average Bonchev–Trinajstić information content (AvgIpc) is 2.62. The quantitative estimate of drug-likeness (QED) is 0.784. The molecule has 1 unspecified atom stereocenters. The van der Waals surface area contributed by atoms with Crippen molar-refractivity contribution in [1.29, 1.82) is 0 Å².